The fourth-order valence-electron chi connectivity index (χ4n) is 9.21. The van der Waals surface area contributed by atoms with Gasteiger partial charge in [-0.15, -0.1) is 0 Å². The second-order valence-electron chi connectivity index (χ2n) is 14.9. The molecule has 0 saturated carbocycles. The molecule has 5 nitrogen and oxygen atoms in total. The van der Waals surface area contributed by atoms with Gasteiger partial charge in [-0.1, -0.05) is 140 Å². The number of aromatic nitrogens is 2. The van der Waals surface area contributed by atoms with Crippen LogP contribution in [0.1, 0.15) is 23.6 Å². The van der Waals surface area contributed by atoms with E-state index in [0.29, 0.717) is 0 Å². The van der Waals surface area contributed by atoms with Gasteiger partial charge in [0.2, 0.25) is 0 Å². The van der Waals surface area contributed by atoms with Crippen molar-refractivity contribution >= 4 is 81.8 Å². The zero-order valence-corrected chi connectivity index (χ0v) is 30.4. The molecule has 2 aromatic heterocycles. The predicted molar refractivity (Wildman–Crippen MR) is 234 cm³/mol. The molecule has 0 spiro atoms. The maximum atomic E-state index is 5.59. The highest BCUT2D eigenvalue weighted by atomic mass is 15.4. The summed E-state index contributed by atoms with van der Waals surface area (Å²) >= 11 is 0. The summed E-state index contributed by atoms with van der Waals surface area (Å²) in [5.74, 6) is 0.866. The van der Waals surface area contributed by atoms with Crippen molar-refractivity contribution in [2.45, 2.75) is 12.5 Å². The monoisotopic (exact) mass is 717 g/mol. The molecule has 56 heavy (non-hydrogen) atoms. The number of nitrogens with zero attached hydrogens (tertiary/aromatic N) is 3. The van der Waals surface area contributed by atoms with Crippen molar-refractivity contribution < 1.29 is 0 Å². The van der Waals surface area contributed by atoms with Crippen molar-refractivity contribution in [3.8, 4) is 5.69 Å². The summed E-state index contributed by atoms with van der Waals surface area (Å²) in [5.41, 5.74) is 8.07. The molecular formula is C51H35N5. The van der Waals surface area contributed by atoms with Crippen LogP contribution in [0.2, 0.25) is 0 Å². The van der Waals surface area contributed by atoms with E-state index in [-0.39, 0.29) is 6.17 Å². The van der Waals surface area contributed by atoms with E-state index < -0.39 is 6.29 Å². The van der Waals surface area contributed by atoms with Gasteiger partial charge in [0.15, 0.2) is 6.29 Å². The first kappa shape index (κ1) is 31.2. The highest BCUT2D eigenvalue weighted by molar-refractivity contribution is 6.19. The third-order valence-corrected chi connectivity index (χ3v) is 11.7. The molecule has 1 aliphatic rings. The summed E-state index contributed by atoms with van der Waals surface area (Å²) < 4.78 is 4.80. The van der Waals surface area contributed by atoms with Crippen LogP contribution in [-0.2, 0) is 0 Å². The zero-order valence-electron chi connectivity index (χ0n) is 30.4. The van der Waals surface area contributed by atoms with Crippen LogP contribution in [-0.4, -0.2) is 15.0 Å². The molecule has 0 fully saturated rings. The summed E-state index contributed by atoms with van der Waals surface area (Å²) in [6.07, 6.45) is -0.584. The van der Waals surface area contributed by atoms with Crippen LogP contribution in [0.25, 0.3) is 81.6 Å². The summed E-state index contributed by atoms with van der Waals surface area (Å²) in [6.45, 7) is 0. The van der Waals surface area contributed by atoms with Gasteiger partial charge < -0.3 is 14.5 Å². The number of rotatable bonds is 4. The number of hydrogen-bond acceptors (Lipinski definition) is 3. The molecule has 2 unspecified atom stereocenters. The van der Waals surface area contributed by atoms with Crippen LogP contribution < -0.4 is 10.6 Å². The number of amidine groups is 1. The first-order chi connectivity index (χ1) is 27.8. The minimum atomic E-state index is -0.401. The maximum absolute atomic E-state index is 5.59. The van der Waals surface area contributed by atoms with Gasteiger partial charge in [0, 0.05) is 32.8 Å². The zero-order chi connectivity index (χ0) is 36.7. The van der Waals surface area contributed by atoms with Crippen molar-refractivity contribution in [1.29, 1.82) is 0 Å². The number of nitrogens with one attached hydrogen (secondary N) is 2. The molecule has 0 radical (unpaired) electrons. The molecule has 0 bridgehead atoms. The van der Waals surface area contributed by atoms with Crippen molar-refractivity contribution in [3.05, 3.63) is 199 Å². The number of benzene rings is 9. The predicted octanol–water partition coefficient (Wildman–Crippen LogP) is 12.1. The number of aliphatic imine (C=N–C) groups is 1. The van der Waals surface area contributed by atoms with Gasteiger partial charge in [0.05, 0.1) is 22.1 Å². The second kappa shape index (κ2) is 12.2. The Kier molecular flexibility index (Phi) is 6.76. The van der Waals surface area contributed by atoms with E-state index in [0.717, 1.165) is 33.7 Å². The Labute approximate surface area is 322 Å². The highest BCUT2D eigenvalue weighted by Crippen LogP contribution is 2.39. The Hall–Kier alpha value is -7.21. The third kappa shape index (κ3) is 4.68. The van der Waals surface area contributed by atoms with Gasteiger partial charge in [0.1, 0.15) is 12.0 Å². The van der Waals surface area contributed by atoms with Crippen molar-refractivity contribution in [2.75, 3.05) is 0 Å². The molecule has 11 aromatic rings. The molecular weight excluding hydrogens is 683 g/mol. The van der Waals surface area contributed by atoms with Crippen LogP contribution >= 0.6 is 0 Å². The van der Waals surface area contributed by atoms with Crippen LogP contribution in [0.5, 0.6) is 0 Å². The summed E-state index contributed by atoms with van der Waals surface area (Å²) in [5, 5.41) is 19.9. The van der Waals surface area contributed by atoms with Gasteiger partial charge in [-0.2, -0.15) is 0 Å². The second-order valence-corrected chi connectivity index (χ2v) is 14.9. The van der Waals surface area contributed by atoms with Crippen LogP contribution in [0.3, 0.4) is 0 Å². The average molecular weight is 718 g/mol. The van der Waals surface area contributed by atoms with Crippen LogP contribution in [0, 0.1) is 0 Å². The van der Waals surface area contributed by atoms with Crippen molar-refractivity contribution in [2.24, 2.45) is 4.99 Å². The van der Waals surface area contributed by atoms with Gasteiger partial charge >= 0.3 is 0 Å². The molecule has 264 valence electrons. The van der Waals surface area contributed by atoms with Crippen LogP contribution in [0.4, 0.5) is 0 Å². The average Bonchev–Trinajstić information content (AvgIpc) is 3.77. The molecule has 12 rings (SSSR count). The van der Waals surface area contributed by atoms with Gasteiger partial charge in [0.25, 0.3) is 0 Å². The molecule has 0 aliphatic carbocycles. The van der Waals surface area contributed by atoms with Gasteiger partial charge in [-0.05, 0) is 86.4 Å². The first-order valence-electron chi connectivity index (χ1n) is 19.3. The molecule has 0 amide bonds. The lowest BCUT2D eigenvalue weighted by Gasteiger charge is -2.33. The number of fused-ring (bicyclic) bond motifs is 10. The fourth-order valence-corrected chi connectivity index (χ4v) is 9.21. The Balaban J connectivity index is 1.10. The van der Waals surface area contributed by atoms with E-state index in [2.05, 4.69) is 208 Å². The van der Waals surface area contributed by atoms with Crippen molar-refractivity contribution in [1.82, 2.24) is 19.8 Å². The topological polar surface area (TPSA) is 46.3 Å². The Bertz CT molecular complexity index is 3340. The first-order valence-corrected chi connectivity index (χ1v) is 19.3. The highest BCUT2D eigenvalue weighted by Gasteiger charge is 2.29. The van der Waals surface area contributed by atoms with Crippen molar-refractivity contribution in [3.63, 3.8) is 0 Å². The number of hydrogen-bond donors (Lipinski definition) is 2. The molecule has 5 heteroatoms. The quantitative estimate of drug-likeness (QED) is 0.178. The van der Waals surface area contributed by atoms with Crippen LogP contribution in [0.15, 0.2) is 193 Å². The largest absolute Gasteiger partial charge is 0.350 e. The summed E-state index contributed by atoms with van der Waals surface area (Å²) in [7, 11) is 0. The minimum Gasteiger partial charge on any atom is -0.350 e. The van der Waals surface area contributed by atoms with E-state index in [1.807, 2.05) is 0 Å². The lowest BCUT2D eigenvalue weighted by Crippen LogP contribution is -2.46. The normalized spacial score (nSPS) is 16.0. The molecule has 2 N–H and O–H groups in total. The molecule has 1 aliphatic heterocycles. The third-order valence-electron chi connectivity index (χ3n) is 11.7. The van der Waals surface area contributed by atoms with Gasteiger partial charge in [-0.25, -0.2) is 4.99 Å². The fraction of sp³-hybridized carbons (Fsp3) is 0.0392. The summed E-state index contributed by atoms with van der Waals surface area (Å²) in [6, 6.07) is 68.0. The van der Waals surface area contributed by atoms with E-state index in [9.17, 15) is 0 Å². The molecule has 3 heterocycles. The Morgan fingerprint density at radius 3 is 1.77 bits per heavy atom. The number of para-hydroxylation sites is 3. The smallest absolute Gasteiger partial charge is 0.184 e. The molecule has 0 saturated heterocycles. The SMILES string of the molecule is c1ccc(C2NC(c3cc4ccccc4c4ccccc34)=NC(n3c4ccccc4c4cc5ccc(-n6c7ccccc7c7ccccc76)cc5cc43)N2)cc1. The lowest BCUT2D eigenvalue weighted by atomic mass is 9.96. The Morgan fingerprint density at radius 1 is 0.411 bits per heavy atom. The molecule has 2 atom stereocenters. The van der Waals surface area contributed by atoms with E-state index in [4.69, 9.17) is 4.99 Å². The Morgan fingerprint density at radius 2 is 1.02 bits per heavy atom. The lowest BCUT2D eigenvalue weighted by molar-refractivity contribution is 0.341. The van der Waals surface area contributed by atoms with E-state index >= 15 is 0 Å². The molecule has 9 aromatic carbocycles. The van der Waals surface area contributed by atoms with Gasteiger partial charge in [-0.3, -0.25) is 5.32 Å². The minimum absolute atomic E-state index is 0.183. The standard InChI is InChI=1S/C51H35N5/c1-2-14-32(15-3-1)49-52-50(44-30-34-16-4-5-17-37(34)38-18-6-7-19-39(38)44)54-51(53-49)56-47-25-13-10-22-42(47)43-29-33-26-27-36(28-35(33)31-48(43)56)55-45-23-11-8-20-40(45)41-21-9-12-24-46(41)55/h1-31,49,51,53H,(H,52,54). The van der Waals surface area contributed by atoms with E-state index in [1.165, 1.54) is 64.9 Å². The maximum Gasteiger partial charge on any atom is 0.184 e. The summed E-state index contributed by atoms with van der Waals surface area (Å²) in [4.78, 5) is 5.59. The van der Waals surface area contributed by atoms with E-state index in [1.54, 1.807) is 0 Å².